The zero-order valence-electron chi connectivity index (χ0n) is 11.4. The quantitative estimate of drug-likeness (QED) is 0.782. The second-order valence-corrected chi connectivity index (χ2v) is 4.56. The zero-order valence-corrected chi connectivity index (χ0v) is 11.4. The Morgan fingerprint density at radius 2 is 2.14 bits per heavy atom. The molecule has 0 fully saturated rings. The van der Waals surface area contributed by atoms with E-state index >= 15 is 0 Å². The number of amides is 1. The van der Waals surface area contributed by atoms with Crippen molar-refractivity contribution < 1.29 is 27.8 Å². The summed E-state index contributed by atoms with van der Waals surface area (Å²) in [6, 6.07) is 3.29. The number of nitrogens with two attached hydrogens (primary N) is 1. The zero-order chi connectivity index (χ0) is 15.5. The molecule has 1 unspecified atom stereocenters. The van der Waals surface area contributed by atoms with Crippen molar-refractivity contribution in [1.82, 2.24) is 0 Å². The van der Waals surface area contributed by atoms with E-state index in [1.165, 1.54) is 18.2 Å². The second kappa shape index (κ2) is 6.23. The lowest BCUT2D eigenvalue weighted by atomic mass is 10.1. The van der Waals surface area contributed by atoms with E-state index in [4.69, 9.17) is 10.5 Å². The first-order chi connectivity index (χ1) is 9.91. The first-order valence-corrected chi connectivity index (χ1v) is 6.36. The molecule has 6 nitrogen and oxygen atoms in total. The highest BCUT2D eigenvalue weighted by molar-refractivity contribution is 5.94. The molecular weight excluding hydrogens is 286 g/mol. The fraction of sp³-hybridized carbons (Fsp3) is 0.462. The molecule has 0 bridgehead atoms. The fourth-order valence-electron chi connectivity index (χ4n) is 1.84. The Morgan fingerprint density at radius 1 is 1.43 bits per heavy atom. The molecule has 1 heterocycles. The molecule has 8 heteroatoms. The number of carbonyl (C=O) groups excluding carboxylic acids is 1. The number of halogens is 2. The van der Waals surface area contributed by atoms with Crippen molar-refractivity contribution >= 4 is 11.6 Å². The molecule has 0 saturated carbocycles. The van der Waals surface area contributed by atoms with Gasteiger partial charge in [-0.15, -0.1) is 8.78 Å². The maximum atomic E-state index is 12.9. The first kappa shape index (κ1) is 15.5. The Balaban J connectivity index is 1.94. The van der Waals surface area contributed by atoms with E-state index in [2.05, 4.69) is 14.8 Å². The number of hydrogen-bond donors (Lipinski definition) is 2. The smallest absolute Gasteiger partial charge is 0.395 e. The second-order valence-electron chi connectivity index (χ2n) is 4.56. The summed E-state index contributed by atoms with van der Waals surface area (Å²) >= 11 is 0. The van der Waals surface area contributed by atoms with Crippen LogP contribution in [-0.2, 0) is 9.53 Å². The van der Waals surface area contributed by atoms with Crippen molar-refractivity contribution in [3.05, 3.63) is 18.2 Å². The molecule has 1 aliphatic rings. The van der Waals surface area contributed by atoms with Gasteiger partial charge in [0.25, 0.3) is 0 Å². The summed E-state index contributed by atoms with van der Waals surface area (Å²) in [7, 11) is 1.56. The van der Waals surface area contributed by atoms with Crippen LogP contribution >= 0.6 is 0 Å². The number of hydrogen-bond acceptors (Lipinski definition) is 5. The highest BCUT2D eigenvalue weighted by Gasteiger charge is 2.43. The summed E-state index contributed by atoms with van der Waals surface area (Å²) in [5.74, 6) is -0.620. The minimum absolute atomic E-state index is 0.0811. The molecular formula is C13H16F2N2O4. The van der Waals surface area contributed by atoms with Gasteiger partial charge in [-0.3, -0.25) is 4.79 Å². The van der Waals surface area contributed by atoms with Gasteiger partial charge in [0, 0.05) is 25.5 Å². The Hall–Kier alpha value is -1.93. The molecule has 0 radical (unpaired) electrons. The van der Waals surface area contributed by atoms with Crippen molar-refractivity contribution in [2.75, 3.05) is 19.0 Å². The van der Waals surface area contributed by atoms with E-state index in [9.17, 15) is 13.6 Å². The van der Waals surface area contributed by atoms with Crippen molar-refractivity contribution in [2.24, 2.45) is 5.73 Å². The number of methoxy groups -OCH3 is 1. The van der Waals surface area contributed by atoms with Crippen LogP contribution in [0.1, 0.15) is 12.8 Å². The van der Waals surface area contributed by atoms with Gasteiger partial charge < -0.3 is 25.3 Å². The number of anilines is 1. The monoisotopic (exact) mass is 302 g/mol. The van der Waals surface area contributed by atoms with Gasteiger partial charge in [0.05, 0.1) is 6.04 Å². The van der Waals surface area contributed by atoms with Gasteiger partial charge in [-0.1, -0.05) is 0 Å². The number of benzene rings is 1. The number of nitrogens with one attached hydrogen (secondary N) is 1. The van der Waals surface area contributed by atoms with Crippen molar-refractivity contribution in [1.29, 1.82) is 0 Å². The van der Waals surface area contributed by atoms with Gasteiger partial charge in [-0.25, -0.2) is 0 Å². The van der Waals surface area contributed by atoms with E-state index < -0.39 is 18.2 Å². The Bertz CT molecular complexity index is 525. The summed E-state index contributed by atoms with van der Waals surface area (Å²) < 4.78 is 39.2. The van der Waals surface area contributed by atoms with Gasteiger partial charge in [0.1, 0.15) is 0 Å². The molecule has 0 aromatic heterocycles. The number of rotatable bonds is 6. The van der Waals surface area contributed by atoms with Gasteiger partial charge in [0.15, 0.2) is 11.5 Å². The van der Waals surface area contributed by atoms with E-state index in [0.717, 1.165) is 0 Å². The average molecular weight is 302 g/mol. The molecule has 21 heavy (non-hydrogen) atoms. The molecule has 116 valence electrons. The lowest BCUT2D eigenvalue weighted by Gasteiger charge is -2.12. The first-order valence-electron chi connectivity index (χ1n) is 6.36. The lowest BCUT2D eigenvalue weighted by molar-refractivity contribution is -0.286. The van der Waals surface area contributed by atoms with E-state index in [1.807, 2.05) is 0 Å². The third-order valence-electron chi connectivity index (χ3n) is 2.87. The summed E-state index contributed by atoms with van der Waals surface area (Å²) in [5.41, 5.74) is 6.03. The predicted molar refractivity (Wildman–Crippen MR) is 70.4 cm³/mol. The van der Waals surface area contributed by atoms with Crippen molar-refractivity contribution in [3.8, 4) is 11.5 Å². The van der Waals surface area contributed by atoms with Gasteiger partial charge in [0.2, 0.25) is 5.91 Å². The molecule has 0 spiro atoms. The van der Waals surface area contributed by atoms with E-state index in [0.29, 0.717) is 25.1 Å². The Labute approximate surface area is 120 Å². The normalized spacial score (nSPS) is 16.6. The topological polar surface area (TPSA) is 82.8 Å². The number of alkyl halides is 2. The molecule has 0 aliphatic carbocycles. The van der Waals surface area contributed by atoms with Gasteiger partial charge in [-0.2, -0.15) is 0 Å². The SMILES string of the molecule is COCCCC(N)C(=O)Nc1ccc2c(c1)OC(F)(F)O2. The van der Waals surface area contributed by atoms with Crippen LogP contribution in [0.3, 0.4) is 0 Å². The minimum atomic E-state index is -3.68. The summed E-state index contributed by atoms with van der Waals surface area (Å²) in [5, 5.41) is 2.54. The average Bonchev–Trinajstić information content (AvgIpc) is 2.72. The van der Waals surface area contributed by atoms with Gasteiger partial charge in [-0.05, 0) is 25.0 Å². The molecule has 2 rings (SSSR count). The Kier molecular flexibility index (Phi) is 4.59. The minimum Gasteiger partial charge on any atom is -0.395 e. The fourth-order valence-corrected chi connectivity index (χ4v) is 1.84. The lowest BCUT2D eigenvalue weighted by Crippen LogP contribution is -2.35. The van der Waals surface area contributed by atoms with E-state index in [-0.39, 0.29) is 11.5 Å². The molecule has 1 atom stereocenters. The highest BCUT2D eigenvalue weighted by Crippen LogP contribution is 2.42. The maximum Gasteiger partial charge on any atom is 0.586 e. The Morgan fingerprint density at radius 3 is 2.86 bits per heavy atom. The summed E-state index contributed by atoms with van der Waals surface area (Å²) in [6.07, 6.45) is -2.57. The van der Waals surface area contributed by atoms with Crippen LogP contribution in [0, 0.1) is 0 Å². The predicted octanol–water partition coefficient (Wildman–Crippen LogP) is 1.70. The molecule has 0 saturated heterocycles. The van der Waals surface area contributed by atoms with Crippen LogP contribution in [0.4, 0.5) is 14.5 Å². The van der Waals surface area contributed by atoms with Crippen LogP contribution in [0.15, 0.2) is 18.2 Å². The van der Waals surface area contributed by atoms with Crippen molar-refractivity contribution in [3.63, 3.8) is 0 Å². The standard InChI is InChI=1S/C13H16F2N2O4/c1-19-6-2-3-9(16)12(18)17-8-4-5-10-11(7-8)21-13(14,15)20-10/h4-5,7,9H,2-3,6,16H2,1H3,(H,17,18). The molecule has 1 aromatic rings. The van der Waals surface area contributed by atoms with Gasteiger partial charge >= 0.3 is 6.29 Å². The molecule has 1 aliphatic heterocycles. The third-order valence-corrected chi connectivity index (χ3v) is 2.87. The third kappa shape index (κ3) is 4.02. The summed E-state index contributed by atoms with van der Waals surface area (Å²) in [6.45, 7) is 0.514. The summed E-state index contributed by atoms with van der Waals surface area (Å²) in [4.78, 5) is 11.8. The van der Waals surface area contributed by atoms with E-state index in [1.54, 1.807) is 7.11 Å². The maximum absolute atomic E-state index is 12.9. The van der Waals surface area contributed by atoms with Crippen LogP contribution in [-0.4, -0.2) is 32.0 Å². The highest BCUT2D eigenvalue weighted by atomic mass is 19.3. The van der Waals surface area contributed by atoms with Crippen LogP contribution in [0.2, 0.25) is 0 Å². The largest absolute Gasteiger partial charge is 0.586 e. The van der Waals surface area contributed by atoms with Crippen molar-refractivity contribution in [2.45, 2.75) is 25.2 Å². The van der Waals surface area contributed by atoms with Crippen LogP contribution in [0.5, 0.6) is 11.5 Å². The molecule has 3 N–H and O–H groups in total. The van der Waals surface area contributed by atoms with Crippen LogP contribution in [0.25, 0.3) is 0 Å². The molecule has 1 aromatic carbocycles. The number of ether oxygens (including phenoxy) is 3. The number of carbonyl (C=O) groups is 1. The number of fused-ring (bicyclic) bond motifs is 1. The van der Waals surface area contributed by atoms with Crippen LogP contribution < -0.4 is 20.5 Å². The molecule has 1 amide bonds.